The number of amidine groups is 1. The Morgan fingerprint density at radius 1 is 1.32 bits per heavy atom. The standard InChI is InChI=1S/C14H19ClN2O2/c1-9(2)10(3)16-14(19-4)17-13(18)11-7-5-6-8-12(11)15/h5-10H,1-4H3,(H,16,17,18). The van der Waals surface area contributed by atoms with E-state index < -0.39 is 0 Å². The first-order valence-corrected chi connectivity index (χ1v) is 6.51. The van der Waals surface area contributed by atoms with Gasteiger partial charge in [0.05, 0.1) is 23.7 Å². The second kappa shape index (κ2) is 7.14. The number of hydrogen-bond donors (Lipinski definition) is 1. The number of aliphatic imine (C=N–C) groups is 1. The highest BCUT2D eigenvalue weighted by Gasteiger charge is 2.14. The van der Waals surface area contributed by atoms with Crippen LogP contribution in [0.15, 0.2) is 29.3 Å². The summed E-state index contributed by atoms with van der Waals surface area (Å²) < 4.78 is 5.08. The summed E-state index contributed by atoms with van der Waals surface area (Å²) in [5.74, 6) is 0.0320. The first kappa shape index (κ1) is 15.5. The smallest absolute Gasteiger partial charge is 0.291 e. The van der Waals surface area contributed by atoms with E-state index in [0.29, 0.717) is 16.5 Å². The molecule has 0 saturated carbocycles. The van der Waals surface area contributed by atoms with Gasteiger partial charge >= 0.3 is 0 Å². The number of nitrogens with zero attached hydrogens (tertiary/aromatic N) is 1. The Balaban J connectivity index is 2.82. The van der Waals surface area contributed by atoms with Gasteiger partial charge in [-0.1, -0.05) is 37.6 Å². The van der Waals surface area contributed by atoms with Crippen LogP contribution in [0.25, 0.3) is 0 Å². The molecule has 1 amide bonds. The lowest BCUT2D eigenvalue weighted by Crippen LogP contribution is -2.33. The molecule has 0 saturated heterocycles. The molecule has 1 aromatic rings. The lowest BCUT2D eigenvalue weighted by molar-refractivity contribution is 0.0968. The molecule has 0 heterocycles. The fraction of sp³-hybridized carbons (Fsp3) is 0.429. The van der Waals surface area contributed by atoms with Crippen LogP contribution in [0.4, 0.5) is 0 Å². The zero-order valence-corrected chi connectivity index (χ0v) is 12.4. The van der Waals surface area contributed by atoms with Gasteiger partial charge in [0.15, 0.2) is 0 Å². The molecular weight excluding hydrogens is 264 g/mol. The maximum atomic E-state index is 12.0. The van der Waals surface area contributed by atoms with Gasteiger partial charge in [0.1, 0.15) is 0 Å². The van der Waals surface area contributed by atoms with E-state index in [1.165, 1.54) is 7.11 Å². The monoisotopic (exact) mass is 282 g/mol. The van der Waals surface area contributed by atoms with E-state index in [1.54, 1.807) is 24.3 Å². The summed E-state index contributed by atoms with van der Waals surface area (Å²) in [6.07, 6.45) is 0. The van der Waals surface area contributed by atoms with Crippen LogP contribution in [0.3, 0.4) is 0 Å². The van der Waals surface area contributed by atoms with E-state index in [2.05, 4.69) is 24.2 Å². The van der Waals surface area contributed by atoms with E-state index in [4.69, 9.17) is 16.3 Å². The second-order valence-corrected chi connectivity index (χ2v) is 4.96. The number of ether oxygens (including phenoxy) is 1. The van der Waals surface area contributed by atoms with Crippen molar-refractivity contribution in [2.75, 3.05) is 7.11 Å². The number of halogens is 1. The molecule has 1 N–H and O–H groups in total. The summed E-state index contributed by atoms with van der Waals surface area (Å²) in [6.45, 7) is 6.07. The highest BCUT2D eigenvalue weighted by Crippen LogP contribution is 2.14. The van der Waals surface area contributed by atoms with Crippen molar-refractivity contribution in [3.05, 3.63) is 34.9 Å². The molecule has 0 aromatic heterocycles. The molecule has 0 aliphatic rings. The number of methoxy groups -OCH3 is 1. The van der Waals surface area contributed by atoms with Gasteiger partial charge in [-0.3, -0.25) is 10.1 Å². The van der Waals surface area contributed by atoms with Gasteiger partial charge < -0.3 is 4.74 Å². The molecule has 5 heteroatoms. The molecule has 0 aliphatic carbocycles. The Bertz CT molecular complexity index is 472. The highest BCUT2D eigenvalue weighted by molar-refractivity contribution is 6.34. The van der Waals surface area contributed by atoms with E-state index in [-0.39, 0.29) is 18.0 Å². The fourth-order valence-corrected chi connectivity index (χ4v) is 1.50. The summed E-state index contributed by atoms with van der Waals surface area (Å²) in [6, 6.07) is 7.09. The number of amides is 1. The first-order chi connectivity index (χ1) is 8.95. The number of hydrogen-bond acceptors (Lipinski definition) is 3. The Morgan fingerprint density at radius 2 is 1.95 bits per heavy atom. The van der Waals surface area contributed by atoms with Gasteiger partial charge in [-0.05, 0) is 25.0 Å². The third-order valence-electron chi connectivity index (χ3n) is 2.82. The topological polar surface area (TPSA) is 50.7 Å². The van der Waals surface area contributed by atoms with Crippen molar-refractivity contribution < 1.29 is 9.53 Å². The molecule has 4 nitrogen and oxygen atoms in total. The quantitative estimate of drug-likeness (QED) is 0.684. The highest BCUT2D eigenvalue weighted by atomic mass is 35.5. The van der Waals surface area contributed by atoms with Crippen molar-refractivity contribution in [3.8, 4) is 0 Å². The van der Waals surface area contributed by atoms with Crippen molar-refractivity contribution in [1.29, 1.82) is 0 Å². The van der Waals surface area contributed by atoms with Crippen LogP contribution in [0, 0.1) is 5.92 Å². The minimum absolute atomic E-state index is 0.0569. The molecule has 104 valence electrons. The summed E-state index contributed by atoms with van der Waals surface area (Å²) in [4.78, 5) is 16.3. The molecule has 0 fully saturated rings. The average Bonchev–Trinajstić information content (AvgIpc) is 2.37. The molecule has 1 atom stereocenters. The molecule has 19 heavy (non-hydrogen) atoms. The van der Waals surface area contributed by atoms with Gasteiger partial charge in [-0.2, -0.15) is 0 Å². The molecule has 0 radical (unpaired) electrons. The van der Waals surface area contributed by atoms with E-state index in [9.17, 15) is 4.79 Å². The van der Waals surface area contributed by atoms with Crippen LogP contribution in [0.2, 0.25) is 5.02 Å². The maximum Gasteiger partial charge on any atom is 0.291 e. The minimum atomic E-state index is -0.331. The van der Waals surface area contributed by atoms with Crippen LogP contribution in [0.1, 0.15) is 31.1 Å². The average molecular weight is 283 g/mol. The Kier molecular flexibility index (Phi) is 5.83. The molecule has 1 unspecified atom stereocenters. The summed E-state index contributed by atoms with van der Waals surface area (Å²) >= 11 is 5.96. The molecule has 0 bridgehead atoms. The lowest BCUT2D eigenvalue weighted by Gasteiger charge is -2.13. The summed E-state index contributed by atoms with van der Waals surface area (Å²) in [5, 5.41) is 3.01. The zero-order valence-electron chi connectivity index (χ0n) is 11.6. The molecular formula is C14H19ClN2O2. The SMILES string of the molecule is COC(=NC(C)C(C)C)NC(=O)c1ccccc1Cl. The summed E-state index contributed by atoms with van der Waals surface area (Å²) in [5.41, 5.74) is 0.395. The predicted molar refractivity (Wildman–Crippen MR) is 77.7 cm³/mol. The van der Waals surface area contributed by atoms with Crippen molar-refractivity contribution >= 4 is 23.5 Å². The normalized spacial score (nSPS) is 13.3. The van der Waals surface area contributed by atoms with Gasteiger partial charge in [-0.15, -0.1) is 0 Å². The van der Waals surface area contributed by atoms with Crippen molar-refractivity contribution in [2.45, 2.75) is 26.8 Å². The fourth-order valence-electron chi connectivity index (χ4n) is 1.28. The van der Waals surface area contributed by atoms with Crippen LogP contribution in [-0.2, 0) is 4.74 Å². The number of carbonyl (C=O) groups excluding carboxylic acids is 1. The Morgan fingerprint density at radius 3 is 2.47 bits per heavy atom. The lowest BCUT2D eigenvalue weighted by atomic mass is 10.1. The molecule has 0 spiro atoms. The third-order valence-corrected chi connectivity index (χ3v) is 3.15. The van der Waals surface area contributed by atoms with Gasteiger partial charge in [0.2, 0.25) is 0 Å². The number of rotatable bonds is 3. The van der Waals surface area contributed by atoms with Gasteiger partial charge in [0.25, 0.3) is 11.9 Å². The predicted octanol–water partition coefficient (Wildman–Crippen LogP) is 3.12. The van der Waals surface area contributed by atoms with Gasteiger partial charge in [0, 0.05) is 0 Å². The maximum absolute atomic E-state index is 12.0. The Hall–Kier alpha value is -1.55. The van der Waals surface area contributed by atoms with Crippen LogP contribution >= 0.6 is 11.6 Å². The zero-order chi connectivity index (χ0) is 14.4. The number of carbonyl (C=O) groups is 1. The molecule has 1 rings (SSSR count). The third kappa shape index (κ3) is 4.56. The first-order valence-electron chi connectivity index (χ1n) is 6.13. The number of nitrogens with one attached hydrogen (secondary N) is 1. The second-order valence-electron chi connectivity index (χ2n) is 4.56. The molecule has 1 aromatic carbocycles. The van der Waals surface area contributed by atoms with Crippen molar-refractivity contribution in [1.82, 2.24) is 5.32 Å². The Labute approximate surface area is 118 Å². The van der Waals surface area contributed by atoms with Crippen molar-refractivity contribution in [3.63, 3.8) is 0 Å². The van der Waals surface area contributed by atoms with Crippen molar-refractivity contribution in [2.24, 2.45) is 10.9 Å². The molecule has 0 aliphatic heterocycles. The van der Waals surface area contributed by atoms with E-state index in [1.807, 2.05) is 6.92 Å². The number of benzene rings is 1. The van der Waals surface area contributed by atoms with Crippen LogP contribution in [0.5, 0.6) is 0 Å². The largest absolute Gasteiger partial charge is 0.468 e. The summed E-state index contributed by atoms with van der Waals surface area (Å²) in [7, 11) is 1.47. The van der Waals surface area contributed by atoms with Crippen LogP contribution in [-0.4, -0.2) is 25.1 Å². The van der Waals surface area contributed by atoms with E-state index >= 15 is 0 Å². The van der Waals surface area contributed by atoms with E-state index in [0.717, 1.165) is 0 Å². The van der Waals surface area contributed by atoms with Crippen LogP contribution < -0.4 is 5.32 Å². The minimum Gasteiger partial charge on any atom is -0.468 e. The van der Waals surface area contributed by atoms with Gasteiger partial charge in [-0.25, -0.2) is 4.99 Å².